The van der Waals surface area contributed by atoms with E-state index < -0.39 is 15.8 Å². The fourth-order valence-electron chi connectivity index (χ4n) is 2.60. The number of benzene rings is 2. The molecule has 23 heavy (non-hydrogen) atoms. The van der Waals surface area contributed by atoms with Crippen LogP contribution in [0.4, 0.5) is 17.1 Å². The van der Waals surface area contributed by atoms with Crippen LogP contribution in [-0.4, -0.2) is 22.3 Å². The molecular weight excluding hydrogens is 302 g/mol. The van der Waals surface area contributed by atoms with E-state index in [-0.39, 0.29) is 16.9 Å². The van der Waals surface area contributed by atoms with E-state index in [2.05, 4.69) is 0 Å². The van der Waals surface area contributed by atoms with Gasteiger partial charge in [0, 0.05) is 36.4 Å². The molecule has 0 atom stereocenters. The van der Waals surface area contributed by atoms with Crippen LogP contribution in [0.25, 0.3) is 0 Å². The number of hydrogen-bond donors (Lipinski definition) is 0. The van der Waals surface area contributed by atoms with Gasteiger partial charge < -0.3 is 4.90 Å². The fourth-order valence-corrected chi connectivity index (χ4v) is 2.60. The van der Waals surface area contributed by atoms with E-state index in [1.54, 1.807) is 6.07 Å². The normalized spacial score (nSPS) is 12.8. The Morgan fingerprint density at radius 2 is 1.70 bits per heavy atom. The first-order valence-electron chi connectivity index (χ1n) is 6.81. The summed E-state index contributed by atoms with van der Waals surface area (Å²) in [6.07, 6.45) is 0.591. The number of non-ortho nitro benzene ring substituents is 2. The Kier molecular flexibility index (Phi) is 3.49. The molecule has 3 rings (SSSR count). The molecule has 0 bridgehead atoms. The van der Waals surface area contributed by atoms with Gasteiger partial charge in [-0.3, -0.25) is 25.0 Å². The van der Waals surface area contributed by atoms with Crippen LogP contribution < -0.4 is 4.90 Å². The third-order valence-corrected chi connectivity index (χ3v) is 3.72. The third-order valence-electron chi connectivity index (χ3n) is 3.72. The molecule has 1 aliphatic heterocycles. The van der Waals surface area contributed by atoms with Crippen molar-refractivity contribution < 1.29 is 14.6 Å². The van der Waals surface area contributed by atoms with Crippen LogP contribution in [0.2, 0.25) is 0 Å². The molecule has 8 nitrogen and oxygen atoms in total. The molecule has 0 unspecified atom stereocenters. The second-order valence-corrected chi connectivity index (χ2v) is 5.08. The van der Waals surface area contributed by atoms with Crippen LogP contribution in [0.3, 0.4) is 0 Å². The maximum absolute atomic E-state index is 12.6. The second kappa shape index (κ2) is 5.48. The predicted molar refractivity (Wildman–Crippen MR) is 81.6 cm³/mol. The van der Waals surface area contributed by atoms with Crippen molar-refractivity contribution in [1.29, 1.82) is 0 Å². The average Bonchev–Trinajstić information content (AvgIpc) is 2.97. The Hall–Kier alpha value is -3.29. The van der Waals surface area contributed by atoms with E-state index >= 15 is 0 Å². The molecule has 2 aromatic carbocycles. The number of amides is 1. The minimum atomic E-state index is -0.570. The molecule has 0 N–H and O–H groups in total. The Bertz CT molecular complexity index is 834. The number of rotatable bonds is 3. The zero-order chi connectivity index (χ0) is 16.6. The molecule has 1 heterocycles. The zero-order valence-corrected chi connectivity index (χ0v) is 11.8. The van der Waals surface area contributed by atoms with E-state index in [0.29, 0.717) is 18.7 Å². The van der Waals surface area contributed by atoms with Gasteiger partial charge in [0.2, 0.25) is 0 Å². The highest BCUT2D eigenvalue weighted by molar-refractivity contribution is 6.07. The maximum Gasteiger partial charge on any atom is 0.271 e. The Morgan fingerprint density at radius 1 is 1.00 bits per heavy atom. The molecule has 1 aliphatic rings. The first-order valence-corrected chi connectivity index (χ1v) is 6.81. The number of carbonyl (C=O) groups is 1. The Labute approximate surface area is 130 Å². The van der Waals surface area contributed by atoms with Crippen LogP contribution in [0.1, 0.15) is 15.9 Å². The number of nitro benzene ring substituents is 2. The predicted octanol–water partition coefficient (Wildman–Crippen LogP) is 2.71. The maximum atomic E-state index is 12.6. The molecule has 0 aromatic heterocycles. The fraction of sp³-hybridized carbons (Fsp3) is 0.133. The lowest BCUT2D eigenvalue weighted by atomic mass is 10.1. The summed E-state index contributed by atoms with van der Waals surface area (Å²) in [6, 6.07) is 9.84. The smallest absolute Gasteiger partial charge is 0.271 e. The number of carbonyl (C=O) groups excluding carboxylic acids is 1. The monoisotopic (exact) mass is 313 g/mol. The van der Waals surface area contributed by atoms with Crippen molar-refractivity contribution in [2.45, 2.75) is 6.42 Å². The number of anilines is 1. The summed E-state index contributed by atoms with van der Waals surface area (Å²) in [5, 5.41) is 21.7. The van der Waals surface area contributed by atoms with Gasteiger partial charge in [-0.2, -0.15) is 0 Å². The second-order valence-electron chi connectivity index (χ2n) is 5.08. The first-order chi connectivity index (χ1) is 11.0. The summed E-state index contributed by atoms with van der Waals surface area (Å²) < 4.78 is 0. The highest BCUT2D eigenvalue weighted by Gasteiger charge is 2.28. The van der Waals surface area contributed by atoms with Crippen molar-refractivity contribution >= 4 is 23.0 Å². The lowest BCUT2D eigenvalue weighted by Gasteiger charge is -2.17. The van der Waals surface area contributed by atoms with E-state index in [1.807, 2.05) is 0 Å². The summed E-state index contributed by atoms with van der Waals surface area (Å²) >= 11 is 0. The molecule has 0 saturated carbocycles. The third kappa shape index (κ3) is 2.61. The largest absolute Gasteiger partial charge is 0.307 e. The quantitative estimate of drug-likeness (QED) is 0.639. The van der Waals surface area contributed by atoms with Gasteiger partial charge in [-0.1, -0.05) is 12.1 Å². The van der Waals surface area contributed by atoms with Gasteiger partial charge in [0.25, 0.3) is 17.3 Å². The van der Waals surface area contributed by atoms with Crippen LogP contribution in [0.5, 0.6) is 0 Å². The molecule has 0 fully saturated rings. The van der Waals surface area contributed by atoms with Crippen molar-refractivity contribution in [2.24, 2.45) is 0 Å². The molecule has 116 valence electrons. The zero-order valence-electron chi connectivity index (χ0n) is 11.8. The van der Waals surface area contributed by atoms with Gasteiger partial charge in [-0.25, -0.2) is 0 Å². The van der Waals surface area contributed by atoms with Crippen LogP contribution in [0.15, 0.2) is 42.5 Å². The molecular formula is C15H11N3O5. The van der Waals surface area contributed by atoms with Crippen molar-refractivity contribution in [3.8, 4) is 0 Å². The molecule has 0 saturated heterocycles. The molecule has 0 radical (unpaired) electrons. The summed E-state index contributed by atoms with van der Waals surface area (Å²) in [7, 11) is 0. The van der Waals surface area contributed by atoms with Crippen molar-refractivity contribution in [3.05, 3.63) is 73.8 Å². The Balaban J connectivity index is 1.97. The van der Waals surface area contributed by atoms with Crippen molar-refractivity contribution in [2.75, 3.05) is 11.4 Å². The standard InChI is InChI=1S/C15H11N3O5/c19-15(11-2-1-3-12(8-11)17(20)21)16-7-6-10-4-5-13(18(22)23)9-14(10)16/h1-5,8-9H,6-7H2. The molecule has 0 spiro atoms. The van der Waals surface area contributed by atoms with E-state index in [0.717, 1.165) is 5.56 Å². The summed E-state index contributed by atoms with van der Waals surface area (Å²) in [5.74, 6) is -0.409. The molecule has 2 aromatic rings. The topological polar surface area (TPSA) is 107 Å². The summed E-state index contributed by atoms with van der Waals surface area (Å²) in [6.45, 7) is 0.387. The first kappa shape index (κ1) is 14.6. The minimum Gasteiger partial charge on any atom is -0.307 e. The summed E-state index contributed by atoms with van der Waals surface area (Å²) in [4.78, 5) is 34.6. The number of hydrogen-bond acceptors (Lipinski definition) is 5. The van der Waals surface area contributed by atoms with E-state index in [9.17, 15) is 25.0 Å². The van der Waals surface area contributed by atoms with E-state index in [4.69, 9.17) is 0 Å². The highest BCUT2D eigenvalue weighted by Crippen LogP contribution is 2.33. The SMILES string of the molecule is O=C(c1cccc([N+](=O)[O-])c1)N1CCc2ccc([N+](=O)[O-])cc21. The van der Waals surface area contributed by atoms with Gasteiger partial charge >= 0.3 is 0 Å². The van der Waals surface area contributed by atoms with Crippen molar-refractivity contribution in [3.63, 3.8) is 0 Å². The number of fused-ring (bicyclic) bond motifs is 1. The van der Waals surface area contributed by atoms with Gasteiger partial charge in [-0.05, 0) is 18.1 Å². The number of nitro groups is 2. The highest BCUT2D eigenvalue weighted by atomic mass is 16.6. The van der Waals surface area contributed by atoms with Crippen LogP contribution in [-0.2, 0) is 6.42 Å². The van der Waals surface area contributed by atoms with Crippen LogP contribution in [0, 0.1) is 20.2 Å². The molecule has 0 aliphatic carbocycles. The number of nitrogens with zero attached hydrogens (tertiary/aromatic N) is 3. The van der Waals surface area contributed by atoms with Gasteiger partial charge in [-0.15, -0.1) is 0 Å². The lowest BCUT2D eigenvalue weighted by Crippen LogP contribution is -2.28. The van der Waals surface area contributed by atoms with Crippen LogP contribution >= 0.6 is 0 Å². The molecule has 1 amide bonds. The Morgan fingerprint density at radius 3 is 2.39 bits per heavy atom. The van der Waals surface area contributed by atoms with Gasteiger partial charge in [0.1, 0.15) is 0 Å². The van der Waals surface area contributed by atoms with Crippen molar-refractivity contribution in [1.82, 2.24) is 0 Å². The minimum absolute atomic E-state index is 0.0949. The average molecular weight is 313 g/mol. The summed E-state index contributed by atoms with van der Waals surface area (Å²) in [5.41, 5.74) is 1.24. The molecule has 8 heteroatoms. The lowest BCUT2D eigenvalue weighted by molar-refractivity contribution is -0.385. The van der Waals surface area contributed by atoms with Gasteiger partial charge in [0.15, 0.2) is 0 Å². The van der Waals surface area contributed by atoms with E-state index in [1.165, 1.54) is 41.3 Å². The van der Waals surface area contributed by atoms with Gasteiger partial charge in [0.05, 0.1) is 15.5 Å².